The van der Waals surface area contributed by atoms with E-state index in [1.54, 1.807) is 48.5 Å². The fraction of sp³-hybridized carbons (Fsp3) is 0.250. The van der Waals surface area contributed by atoms with Crippen LogP contribution in [-0.2, 0) is 19.1 Å². The standard InChI is InChI=1S/C20H18N2O8/c23-18(11-28-20(25)17-10-27-13-6-2-4-8-15(13)30-17)21-22-19(24)16-9-26-12-5-1-3-7-14(12)29-16/h1-8,16-17H,9-11H2,(H,21,23)(H,22,24)/t16-,17+/m0/s1. The highest BCUT2D eigenvalue weighted by atomic mass is 16.6. The molecule has 4 rings (SSSR count). The van der Waals surface area contributed by atoms with Crippen LogP contribution in [0.5, 0.6) is 23.0 Å². The Kier molecular flexibility index (Phi) is 5.55. The average molecular weight is 414 g/mol. The lowest BCUT2D eigenvalue weighted by atomic mass is 10.2. The van der Waals surface area contributed by atoms with Gasteiger partial charge in [-0.25, -0.2) is 4.79 Å². The van der Waals surface area contributed by atoms with Crippen molar-refractivity contribution in [1.82, 2.24) is 10.9 Å². The van der Waals surface area contributed by atoms with Gasteiger partial charge in [0, 0.05) is 0 Å². The van der Waals surface area contributed by atoms with Gasteiger partial charge in [0.05, 0.1) is 0 Å². The second kappa shape index (κ2) is 8.60. The maximum Gasteiger partial charge on any atom is 0.351 e. The normalized spacial score (nSPS) is 18.7. The zero-order valence-electron chi connectivity index (χ0n) is 15.7. The average Bonchev–Trinajstić information content (AvgIpc) is 2.80. The Morgan fingerprint density at radius 2 is 1.33 bits per heavy atom. The molecule has 10 nitrogen and oxygen atoms in total. The van der Waals surface area contributed by atoms with Gasteiger partial charge in [-0.05, 0) is 24.3 Å². The Morgan fingerprint density at radius 1 is 0.800 bits per heavy atom. The molecular formula is C20H18N2O8. The molecule has 2 aliphatic rings. The van der Waals surface area contributed by atoms with Crippen molar-refractivity contribution in [2.24, 2.45) is 0 Å². The van der Waals surface area contributed by atoms with Crippen molar-refractivity contribution in [3.8, 4) is 23.0 Å². The molecular weight excluding hydrogens is 396 g/mol. The lowest BCUT2D eigenvalue weighted by Gasteiger charge is -2.25. The molecule has 0 aromatic heterocycles. The molecule has 0 bridgehead atoms. The van der Waals surface area contributed by atoms with Crippen LogP contribution in [0.2, 0.25) is 0 Å². The minimum absolute atomic E-state index is 0.00576. The van der Waals surface area contributed by atoms with Crippen LogP contribution in [0.1, 0.15) is 0 Å². The number of hydrogen-bond acceptors (Lipinski definition) is 8. The van der Waals surface area contributed by atoms with Crippen LogP contribution in [0.15, 0.2) is 48.5 Å². The second-order valence-electron chi connectivity index (χ2n) is 6.37. The van der Waals surface area contributed by atoms with Gasteiger partial charge in [0.25, 0.3) is 11.8 Å². The number of carbonyl (C=O) groups is 3. The minimum Gasteiger partial charge on any atom is -0.485 e. The van der Waals surface area contributed by atoms with Crippen molar-refractivity contribution in [2.75, 3.05) is 19.8 Å². The van der Waals surface area contributed by atoms with E-state index in [-0.39, 0.29) is 13.2 Å². The largest absolute Gasteiger partial charge is 0.485 e. The number of hydrogen-bond donors (Lipinski definition) is 2. The third kappa shape index (κ3) is 4.37. The molecule has 2 N–H and O–H groups in total. The zero-order valence-corrected chi connectivity index (χ0v) is 15.7. The van der Waals surface area contributed by atoms with Gasteiger partial charge in [-0.1, -0.05) is 24.3 Å². The predicted molar refractivity (Wildman–Crippen MR) is 100.0 cm³/mol. The molecule has 0 saturated heterocycles. The highest BCUT2D eigenvalue weighted by Gasteiger charge is 2.30. The predicted octanol–water partition coefficient (Wildman–Crippen LogP) is 0.357. The van der Waals surface area contributed by atoms with E-state index in [4.69, 9.17) is 23.7 Å². The van der Waals surface area contributed by atoms with E-state index in [1.165, 1.54) is 0 Å². The smallest absolute Gasteiger partial charge is 0.351 e. The number of esters is 1. The van der Waals surface area contributed by atoms with Crippen molar-refractivity contribution in [3.05, 3.63) is 48.5 Å². The van der Waals surface area contributed by atoms with Crippen LogP contribution in [0.4, 0.5) is 0 Å². The second-order valence-corrected chi connectivity index (χ2v) is 6.37. The van der Waals surface area contributed by atoms with Gasteiger partial charge in [-0.15, -0.1) is 0 Å². The van der Waals surface area contributed by atoms with Crippen molar-refractivity contribution in [3.63, 3.8) is 0 Å². The van der Waals surface area contributed by atoms with Crippen LogP contribution in [0.3, 0.4) is 0 Å². The van der Waals surface area contributed by atoms with E-state index in [0.29, 0.717) is 23.0 Å². The van der Waals surface area contributed by atoms with Gasteiger partial charge in [-0.2, -0.15) is 0 Å². The maximum absolute atomic E-state index is 12.1. The lowest BCUT2D eigenvalue weighted by Crippen LogP contribution is -2.51. The number of para-hydroxylation sites is 4. The summed E-state index contributed by atoms with van der Waals surface area (Å²) in [7, 11) is 0. The monoisotopic (exact) mass is 414 g/mol. The Labute approximate surface area is 171 Å². The lowest BCUT2D eigenvalue weighted by molar-refractivity contribution is -0.158. The summed E-state index contributed by atoms with van der Waals surface area (Å²) in [6.07, 6.45) is -1.93. The quantitative estimate of drug-likeness (QED) is 0.543. The van der Waals surface area contributed by atoms with Gasteiger partial charge in [0.15, 0.2) is 29.6 Å². The summed E-state index contributed by atoms with van der Waals surface area (Å²) < 4.78 is 26.8. The van der Waals surface area contributed by atoms with Crippen LogP contribution < -0.4 is 29.8 Å². The number of rotatable bonds is 4. The molecule has 2 amide bonds. The van der Waals surface area contributed by atoms with E-state index in [9.17, 15) is 14.4 Å². The number of benzene rings is 2. The summed E-state index contributed by atoms with van der Waals surface area (Å²) in [4.78, 5) is 36.1. The van der Waals surface area contributed by atoms with Gasteiger partial charge in [0.1, 0.15) is 13.2 Å². The van der Waals surface area contributed by atoms with Crippen LogP contribution in [0, 0.1) is 0 Å². The molecule has 0 unspecified atom stereocenters. The van der Waals surface area contributed by atoms with Gasteiger partial charge < -0.3 is 23.7 Å². The Hall–Kier alpha value is -3.95. The summed E-state index contributed by atoms with van der Waals surface area (Å²) in [6.45, 7) is -0.644. The summed E-state index contributed by atoms with van der Waals surface area (Å²) in [6, 6.07) is 13.8. The molecule has 156 valence electrons. The molecule has 2 atom stereocenters. The number of amides is 2. The van der Waals surface area contributed by atoms with E-state index < -0.39 is 36.6 Å². The Morgan fingerprint density at radius 3 is 1.97 bits per heavy atom. The number of ether oxygens (including phenoxy) is 5. The fourth-order valence-electron chi connectivity index (χ4n) is 2.76. The molecule has 0 radical (unpaired) electrons. The highest BCUT2D eigenvalue weighted by molar-refractivity contribution is 5.87. The molecule has 0 fully saturated rings. The summed E-state index contributed by atoms with van der Waals surface area (Å²) in [5, 5.41) is 0. The van der Waals surface area contributed by atoms with Crippen LogP contribution in [0.25, 0.3) is 0 Å². The minimum atomic E-state index is -0.991. The first kappa shape index (κ1) is 19.4. The first-order valence-corrected chi connectivity index (χ1v) is 9.12. The molecule has 10 heteroatoms. The third-order valence-electron chi connectivity index (χ3n) is 4.24. The first-order valence-electron chi connectivity index (χ1n) is 9.12. The Balaban J connectivity index is 1.19. The highest BCUT2D eigenvalue weighted by Crippen LogP contribution is 2.31. The number of nitrogens with one attached hydrogen (secondary N) is 2. The van der Waals surface area contributed by atoms with E-state index in [1.807, 2.05) is 0 Å². The number of carbonyl (C=O) groups excluding carboxylic acids is 3. The number of hydrazine groups is 1. The van der Waals surface area contributed by atoms with Crippen molar-refractivity contribution < 1.29 is 38.1 Å². The van der Waals surface area contributed by atoms with Gasteiger partial charge in [0.2, 0.25) is 12.2 Å². The summed E-state index contributed by atoms with van der Waals surface area (Å²) in [5.74, 6) is -0.186. The maximum atomic E-state index is 12.1. The summed E-state index contributed by atoms with van der Waals surface area (Å²) in [5.41, 5.74) is 4.36. The fourth-order valence-corrected chi connectivity index (χ4v) is 2.76. The molecule has 0 aliphatic carbocycles. The molecule has 0 spiro atoms. The Bertz CT molecular complexity index is 888. The SMILES string of the molecule is O=C(COC(=O)[C@H]1COc2ccccc2O1)NNC(=O)[C@@H]1COc2ccccc2O1. The van der Waals surface area contributed by atoms with E-state index >= 15 is 0 Å². The molecule has 2 aromatic carbocycles. The molecule has 2 aromatic rings. The topological polar surface area (TPSA) is 121 Å². The molecule has 30 heavy (non-hydrogen) atoms. The first-order chi connectivity index (χ1) is 14.6. The van der Waals surface area contributed by atoms with E-state index in [2.05, 4.69) is 10.9 Å². The molecule has 2 aliphatic heterocycles. The van der Waals surface area contributed by atoms with Crippen molar-refractivity contribution in [1.29, 1.82) is 0 Å². The summed E-state index contributed by atoms with van der Waals surface area (Å²) >= 11 is 0. The third-order valence-corrected chi connectivity index (χ3v) is 4.24. The number of fused-ring (bicyclic) bond motifs is 2. The van der Waals surface area contributed by atoms with Gasteiger partial charge >= 0.3 is 5.97 Å². The molecule has 2 heterocycles. The van der Waals surface area contributed by atoms with Crippen molar-refractivity contribution >= 4 is 17.8 Å². The van der Waals surface area contributed by atoms with Gasteiger partial charge in [-0.3, -0.25) is 20.4 Å². The van der Waals surface area contributed by atoms with Crippen LogP contribution in [-0.4, -0.2) is 49.8 Å². The zero-order chi connectivity index (χ0) is 20.9. The van der Waals surface area contributed by atoms with Crippen LogP contribution >= 0.6 is 0 Å². The molecule has 0 saturated carbocycles. The van der Waals surface area contributed by atoms with Crippen molar-refractivity contribution in [2.45, 2.75) is 12.2 Å². The van der Waals surface area contributed by atoms with E-state index in [0.717, 1.165) is 0 Å².